The van der Waals surface area contributed by atoms with Crippen molar-refractivity contribution >= 4 is 17.7 Å². The lowest BCUT2D eigenvalue weighted by atomic mass is 9.87. The number of nitrogens with zero attached hydrogens (tertiary/aromatic N) is 1. The predicted octanol–water partition coefficient (Wildman–Crippen LogP) is 1.67. The molecule has 0 saturated heterocycles. The molecular weight excluding hydrogens is 240 g/mol. The first-order valence-corrected chi connectivity index (χ1v) is 6.53. The summed E-state index contributed by atoms with van der Waals surface area (Å²) in [7, 11) is 0. The van der Waals surface area contributed by atoms with E-state index < -0.39 is 11.7 Å². The zero-order chi connectivity index (χ0) is 12.4. The Bertz CT molecular complexity index is 494. The molecule has 1 aliphatic carbocycles. The van der Waals surface area contributed by atoms with Gasteiger partial charge in [-0.25, -0.2) is 9.59 Å². The van der Waals surface area contributed by atoms with Gasteiger partial charge in [0, 0.05) is 11.4 Å². The van der Waals surface area contributed by atoms with Crippen LogP contribution >= 0.6 is 11.8 Å². The standard InChI is InChI=1S/C11H14N2O3S/c1-6-8(10(14)15)9(13-11(16)12-6)17-5-7-3-2-4-7/h7H,2-5H2,1H3,(H,14,15)(H,12,13,16). The van der Waals surface area contributed by atoms with E-state index in [9.17, 15) is 9.59 Å². The normalized spacial score (nSPS) is 15.6. The van der Waals surface area contributed by atoms with E-state index in [0.29, 0.717) is 16.6 Å². The van der Waals surface area contributed by atoms with E-state index >= 15 is 0 Å². The maximum Gasteiger partial charge on any atom is 0.346 e. The number of H-pyrrole nitrogens is 1. The highest BCUT2D eigenvalue weighted by Gasteiger charge is 2.21. The van der Waals surface area contributed by atoms with Crippen LogP contribution in [0.1, 0.15) is 35.3 Å². The number of thioether (sulfide) groups is 1. The average molecular weight is 254 g/mol. The number of aromatic carboxylic acids is 1. The lowest BCUT2D eigenvalue weighted by Gasteiger charge is -2.24. The summed E-state index contributed by atoms with van der Waals surface area (Å²) in [6, 6.07) is 0. The number of aryl methyl sites for hydroxylation is 1. The molecule has 0 spiro atoms. The first-order valence-electron chi connectivity index (χ1n) is 5.55. The van der Waals surface area contributed by atoms with Crippen LogP contribution < -0.4 is 5.69 Å². The third kappa shape index (κ3) is 2.69. The molecule has 6 heteroatoms. The molecule has 0 aromatic carbocycles. The largest absolute Gasteiger partial charge is 0.478 e. The number of carboxylic acids is 1. The van der Waals surface area contributed by atoms with Crippen molar-refractivity contribution in [3.8, 4) is 0 Å². The van der Waals surface area contributed by atoms with Crippen molar-refractivity contribution in [3.05, 3.63) is 21.7 Å². The first kappa shape index (κ1) is 12.2. The van der Waals surface area contributed by atoms with E-state index in [1.54, 1.807) is 6.92 Å². The maximum atomic E-state index is 11.2. The lowest BCUT2D eigenvalue weighted by Crippen LogP contribution is -2.19. The molecule has 0 atom stereocenters. The Kier molecular flexibility index (Phi) is 3.51. The second kappa shape index (κ2) is 4.91. The van der Waals surface area contributed by atoms with Crippen LogP contribution in [-0.4, -0.2) is 26.8 Å². The minimum Gasteiger partial charge on any atom is -0.478 e. The minimum absolute atomic E-state index is 0.119. The highest BCUT2D eigenvalue weighted by atomic mass is 32.2. The Labute approximate surface area is 103 Å². The number of hydrogen-bond acceptors (Lipinski definition) is 4. The van der Waals surface area contributed by atoms with Crippen molar-refractivity contribution in [2.75, 3.05) is 5.75 Å². The smallest absolute Gasteiger partial charge is 0.346 e. The quantitative estimate of drug-likeness (QED) is 0.630. The molecule has 1 aromatic heterocycles. The Morgan fingerprint density at radius 3 is 2.82 bits per heavy atom. The van der Waals surface area contributed by atoms with Crippen LogP contribution in [0.4, 0.5) is 0 Å². The van der Waals surface area contributed by atoms with E-state index in [2.05, 4.69) is 9.97 Å². The second-order valence-electron chi connectivity index (χ2n) is 4.26. The van der Waals surface area contributed by atoms with Gasteiger partial charge in [-0.3, -0.25) is 0 Å². The second-order valence-corrected chi connectivity index (χ2v) is 5.27. The maximum absolute atomic E-state index is 11.2. The zero-order valence-electron chi connectivity index (χ0n) is 9.52. The number of nitrogens with one attached hydrogen (secondary N) is 1. The molecule has 0 aliphatic heterocycles. The van der Waals surface area contributed by atoms with Crippen LogP contribution in [0.3, 0.4) is 0 Å². The SMILES string of the molecule is Cc1[nH]c(=O)nc(SCC2CCC2)c1C(=O)O. The van der Waals surface area contributed by atoms with Gasteiger partial charge < -0.3 is 10.1 Å². The summed E-state index contributed by atoms with van der Waals surface area (Å²) in [5.74, 6) is 0.446. The summed E-state index contributed by atoms with van der Waals surface area (Å²) < 4.78 is 0. The van der Waals surface area contributed by atoms with E-state index in [1.165, 1.54) is 31.0 Å². The fourth-order valence-corrected chi connectivity index (χ4v) is 3.03. The predicted molar refractivity (Wildman–Crippen MR) is 64.6 cm³/mol. The van der Waals surface area contributed by atoms with Crippen LogP contribution in [0.15, 0.2) is 9.82 Å². The lowest BCUT2D eigenvalue weighted by molar-refractivity contribution is 0.0690. The number of aromatic nitrogens is 2. The third-order valence-electron chi connectivity index (χ3n) is 2.98. The van der Waals surface area contributed by atoms with Crippen molar-refractivity contribution in [2.24, 2.45) is 5.92 Å². The van der Waals surface area contributed by atoms with E-state index in [-0.39, 0.29) is 5.56 Å². The monoisotopic (exact) mass is 254 g/mol. The Morgan fingerprint density at radius 2 is 2.29 bits per heavy atom. The van der Waals surface area contributed by atoms with Gasteiger partial charge in [-0.2, -0.15) is 4.98 Å². The number of aromatic amines is 1. The van der Waals surface area contributed by atoms with E-state index in [0.717, 1.165) is 5.75 Å². The molecule has 1 aromatic rings. The fraction of sp³-hybridized carbons (Fsp3) is 0.545. The number of carbonyl (C=O) groups is 1. The first-order chi connectivity index (χ1) is 8.08. The molecule has 1 heterocycles. The molecule has 0 radical (unpaired) electrons. The van der Waals surface area contributed by atoms with Crippen LogP contribution in [0.2, 0.25) is 0 Å². The molecule has 1 saturated carbocycles. The van der Waals surface area contributed by atoms with Gasteiger partial charge in [0.15, 0.2) is 0 Å². The topological polar surface area (TPSA) is 83.0 Å². The minimum atomic E-state index is -1.04. The molecule has 17 heavy (non-hydrogen) atoms. The molecule has 5 nitrogen and oxygen atoms in total. The van der Waals surface area contributed by atoms with Crippen molar-refractivity contribution in [1.82, 2.24) is 9.97 Å². The summed E-state index contributed by atoms with van der Waals surface area (Å²) in [4.78, 5) is 28.5. The van der Waals surface area contributed by atoms with Gasteiger partial charge in [-0.05, 0) is 25.7 Å². The van der Waals surface area contributed by atoms with Crippen molar-refractivity contribution in [2.45, 2.75) is 31.2 Å². The van der Waals surface area contributed by atoms with Crippen LogP contribution in [0, 0.1) is 12.8 Å². The van der Waals surface area contributed by atoms with E-state index in [1.807, 2.05) is 0 Å². The number of carboxylic acid groups (broad SMARTS) is 1. The zero-order valence-corrected chi connectivity index (χ0v) is 10.3. The van der Waals surface area contributed by atoms with Crippen molar-refractivity contribution < 1.29 is 9.90 Å². The highest BCUT2D eigenvalue weighted by Crippen LogP contribution is 2.32. The molecule has 1 aliphatic rings. The van der Waals surface area contributed by atoms with Gasteiger partial charge in [0.25, 0.3) is 0 Å². The molecule has 2 rings (SSSR count). The molecule has 0 bridgehead atoms. The van der Waals surface area contributed by atoms with Gasteiger partial charge in [-0.15, -0.1) is 11.8 Å². The third-order valence-corrected chi connectivity index (χ3v) is 4.19. The van der Waals surface area contributed by atoms with E-state index in [4.69, 9.17) is 5.11 Å². The Morgan fingerprint density at radius 1 is 1.59 bits per heavy atom. The molecule has 92 valence electrons. The van der Waals surface area contributed by atoms with Crippen molar-refractivity contribution in [1.29, 1.82) is 0 Å². The summed E-state index contributed by atoms with van der Waals surface area (Å²) >= 11 is 1.38. The number of rotatable bonds is 4. The summed E-state index contributed by atoms with van der Waals surface area (Å²) in [5, 5.41) is 9.44. The summed E-state index contributed by atoms with van der Waals surface area (Å²) in [5.41, 5.74) is 0.00569. The van der Waals surface area contributed by atoms with Gasteiger partial charge in [0.2, 0.25) is 0 Å². The fourth-order valence-electron chi connectivity index (χ4n) is 1.77. The van der Waals surface area contributed by atoms with Gasteiger partial charge in [0.05, 0.1) is 0 Å². The van der Waals surface area contributed by atoms with Gasteiger partial charge in [0.1, 0.15) is 10.6 Å². The molecule has 0 amide bonds. The van der Waals surface area contributed by atoms with Crippen molar-refractivity contribution in [3.63, 3.8) is 0 Å². The van der Waals surface area contributed by atoms with Gasteiger partial charge >= 0.3 is 11.7 Å². The van der Waals surface area contributed by atoms with Crippen LogP contribution in [0.25, 0.3) is 0 Å². The van der Waals surface area contributed by atoms with Gasteiger partial charge in [-0.1, -0.05) is 6.42 Å². The summed E-state index contributed by atoms with van der Waals surface area (Å²) in [6.45, 7) is 1.58. The number of hydrogen-bond donors (Lipinski definition) is 2. The molecular formula is C11H14N2O3S. The van der Waals surface area contributed by atoms with Crippen LogP contribution in [-0.2, 0) is 0 Å². The molecule has 1 fully saturated rings. The van der Waals surface area contributed by atoms with Crippen LogP contribution in [0.5, 0.6) is 0 Å². The molecule has 2 N–H and O–H groups in total. The average Bonchev–Trinajstić information content (AvgIpc) is 2.12. The Balaban J connectivity index is 2.23. The summed E-state index contributed by atoms with van der Waals surface area (Å²) in [6.07, 6.45) is 3.63. The molecule has 0 unspecified atom stereocenters. The Hall–Kier alpha value is -1.30. The highest BCUT2D eigenvalue weighted by molar-refractivity contribution is 7.99.